The number of ether oxygens (including phenoxy) is 1. The van der Waals surface area contributed by atoms with E-state index in [1.807, 2.05) is 6.07 Å². The van der Waals surface area contributed by atoms with Gasteiger partial charge in [0.15, 0.2) is 0 Å². The fourth-order valence-corrected chi connectivity index (χ4v) is 2.22. The number of carbonyl (C=O) groups excluding carboxylic acids is 1. The van der Waals surface area contributed by atoms with E-state index in [0.29, 0.717) is 12.2 Å². The molecule has 0 bridgehead atoms. The zero-order valence-electron chi connectivity index (χ0n) is 11.4. The van der Waals surface area contributed by atoms with Crippen LogP contribution < -0.4 is 5.32 Å². The van der Waals surface area contributed by atoms with Crippen molar-refractivity contribution in [1.29, 1.82) is 0 Å². The molecular weight excluding hydrogens is 260 g/mol. The van der Waals surface area contributed by atoms with E-state index in [2.05, 4.69) is 5.32 Å². The maximum Gasteiger partial charge on any atom is 0.323 e. The number of nitrogens with one attached hydrogen (secondary N) is 1. The summed E-state index contributed by atoms with van der Waals surface area (Å²) in [5, 5.41) is 12.1. The average molecular weight is 278 g/mol. The molecule has 1 aromatic carbocycles. The van der Waals surface area contributed by atoms with Gasteiger partial charge < -0.3 is 20.1 Å². The second kappa shape index (κ2) is 6.38. The molecule has 1 aliphatic rings. The van der Waals surface area contributed by atoms with Crippen molar-refractivity contribution in [2.45, 2.75) is 6.42 Å². The lowest BCUT2D eigenvalue weighted by atomic mass is 10.1. The Hall–Kier alpha value is -2.08. The van der Waals surface area contributed by atoms with E-state index in [1.165, 1.54) is 17.6 Å². The van der Waals surface area contributed by atoms with Crippen molar-refractivity contribution in [3.63, 3.8) is 0 Å². The summed E-state index contributed by atoms with van der Waals surface area (Å²) in [6.07, 6.45) is 0.951. The van der Waals surface area contributed by atoms with Crippen LogP contribution in [0.2, 0.25) is 0 Å². The molecule has 0 aromatic heterocycles. The van der Waals surface area contributed by atoms with Crippen molar-refractivity contribution in [1.82, 2.24) is 4.90 Å². The quantitative estimate of drug-likeness (QED) is 0.805. The summed E-state index contributed by atoms with van der Waals surface area (Å²) in [6, 6.07) is 5.44. The fraction of sp³-hybridized carbons (Fsp3) is 0.429. The second-order valence-corrected chi connectivity index (χ2v) is 4.66. The van der Waals surface area contributed by atoms with Crippen LogP contribution >= 0.6 is 0 Å². The van der Waals surface area contributed by atoms with Crippen LogP contribution in [0.15, 0.2) is 18.2 Å². The smallest absolute Gasteiger partial charge is 0.323 e. The van der Waals surface area contributed by atoms with E-state index >= 15 is 0 Å². The van der Waals surface area contributed by atoms with Gasteiger partial charge in [0.1, 0.15) is 6.54 Å². The number of rotatable bonds is 6. The fourth-order valence-electron chi connectivity index (χ4n) is 2.22. The van der Waals surface area contributed by atoms with E-state index in [0.717, 1.165) is 18.7 Å². The number of nitrogens with zero attached hydrogens (tertiary/aromatic N) is 1. The van der Waals surface area contributed by atoms with Crippen molar-refractivity contribution in [3.8, 4) is 0 Å². The molecule has 0 fully saturated rings. The van der Waals surface area contributed by atoms with Gasteiger partial charge in [-0.1, -0.05) is 6.07 Å². The molecule has 0 unspecified atom stereocenters. The summed E-state index contributed by atoms with van der Waals surface area (Å²) in [7, 11) is 1.52. The van der Waals surface area contributed by atoms with E-state index in [4.69, 9.17) is 9.84 Å². The Morgan fingerprint density at radius 1 is 1.45 bits per heavy atom. The third kappa shape index (κ3) is 3.27. The predicted octanol–water partition coefficient (Wildman–Crippen LogP) is 0.828. The molecule has 1 heterocycles. The molecule has 108 valence electrons. The van der Waals surface area contributed by atoms with Crippen LogP contribution in [0.3, 0.4) is 0 Å². The lowest BCUT2D eigenvalue weighted by molar-refractivity contribution is -0.137. The Morgan fingerprint density at radius 2 is 2.25 bits per heavy atom. The average Bonchev–Trinajstić information content (AvgIpc) is 2.89. The SMILES string of the molecule is COCCN(CC(=O)O)C(=O)c1ccc2c(c1)NCC2. The normalized spacial score (nSPS) is 12.7. The number of hydrogen-bond acceptors (Lipinski definition) is 4. The van der Waals surface area contributed by atoms with Crippen LogP contribution in [-0.2, 0) is 16.0 Å². The van der Waals surface area contributed by atoms with Crippen LogP contribution in [0.4, 0.5) is 5.69 Å². The molecule has 0 atom stereocenters. The van der Waals surface area contributed by atoms with Gasteiger partial charge in [0.05, 0.1) is 6.61 Å². The number of benzene rings is 1. The minimum Gasteiger partial charge on any atom is -0.480 e. The molecule has 2 N–H and O–H groups in total. The maximum atomic E-state index is 12.4. The number of amides is 1. The summed E-state index contributed by atoms with van der Waals surface area (Å²) in [4.78, 5) is 24.5. The lowest BCUT2D eigenvalue weighted by Crippen LogP contribution is -2.38. The van der Waals surface area contributed by atoms with Crippen LogP contribution in [0.5, 0.6) is 0 Å². The summed E-state index contributed by atoms with van der Waals surface area (Å²) in [6.45, 7) is 1.11. The third-order valence-electron chi connectivity index (χ3n) is 3.25. The van der Waals surface area contributed by atoms with Gasteiger partial charge in [-0.15, -0.1) is 0 Å². The molecule has 1 aromatic rings. The van der Waals surface area contributed by atoms with Gasteiger partial charge in [0.25, 0.3) is 5.91 Å². The maximum absolute atomic E-state index is 12.4. The number of anilines is 1. The van der Waals surface area contributed by atoms with Gasteiger partial charge in [-0.3, -0.25) is 9.59 Å². The molecular formula is C14H18N2O4. The van der Waals surface area contributed by atoms with Gasteiger partial charge in [-0.2, -0.15) is 0 Å². The lowest BCUT2D eigenvalue weighted by Gasteiger charge is -2.20. The van der Waals surface area contributed by atoms with Crippen molar-refractivity contribution in [2.75, 3.05) is 38.7 Å². The van der Waals surface area contributed by atoms with E-state index in [1.54, 1.807) is 12.1 Å². The zero-order chi connectivity index (χ0) is 14.5. The van der Waals surface area contributed by atoms with Crippen LogP contribution in [0, 0.1) is 0 Å². The topological polar surface area (TPSA) is 78.9 Å². The molecule has 2 rings (SSSR count). The Labute approximate surface area is 117 Å². The van der Waals surface area contributed by atoms with Crippen LogP contribution in [-0.4, -0.2) is 55.2 Å². The highest BCUT2D eigenvalue weighted by atomic mass is 16.5. The first-order valence-corrected chi connectivity index (χ1v) is 6.48. The Balaban J connectivity index is 2.15. The Morgan fingerprint density at radius 3 is 2.95 bits per heavy atom. The van der Waals surface area contributed by atoms with Crippen molar-refractivity contribution in [2.24, 2.45) is 0 Å². The van der Waals surface area contributed by atoms with Gasteiger partial charge in [-0.25, -0.2) is 0 Å². The highest BCUT2D eigenvalue weighted by Crippen LogP contribution is 2.23. The van der Waals surface area contributed by atoms with Crippen molar-refractivity contribution in [3.05, 3.63) is 29.3 Å². The number of fused-ring (bicyclic) bond motifs is 1. The molecule has 20 heavy (non-hydrogen) atoms. The minimum atomic E-state index is -1.03. The standard InChI is InChI=1S/C14H18N2O4/c1-20-7-6-16(9-13(17)18)14(19)11-3-2-10-4-5-15-12(10)8-11/h2-3,8,15H,4-7,9H2,1H3,(H,17,18). The van der Waals surface area contributed by atoms with Gasteiger partial charge >= 0.3 is 5.97 Å². The molecule has 6 heteroatoms. The van der Waals surface area contributed by atoms with Crippen LogP contribution in [0.1, 0.15) is 15.9 Å². The number of aliphatic carboxylic acids is 1. The summed E-state index contributed by atoms with van der Waals surface area (Å²) in [5.41, 5.74) is 2.64. The number of carboxylic acids is 1. The molecule has 0 aliphatic carbocycles. The molecule has 6 nitrogen and oxygen atoms in total. The Kier molecular flexibility index (Phi) is 4.57. The Bertz CT molecular complexity index is 516. The highest BCUT2D eigenvalue weighted by Gasteiger charge is 2.20. The molecule has 0 saturated heterocycles. The largest absolute Gasteiger partial charge is 0.480 e. The van der Waals surface area contributed by atoms with Gasteiger partial charge in [-0.05, 0) is 24.1 Å². The number of methoxy groups -OCH3 is 1. The highest BCUT2D eigenvalue weighted by molar-refractivity contribution is 5.97. The van der Waals surface area contributed by atoms with E-state index < -0.39 is 5.97 Å². The monoisotopic (exact) mass is 278 g/mol. The molecule has 1 aliphatic heterocycles. The van der Waals surface area contributed by atoms with Crippen LogP contribution in [0.25, 0.3) is 0 Å². The second-order valence-electron chi connectivity index (χ2n) is 4.66. The van der Waals surface area contributed by atoms with Gasteiger partial charge in [0.2, 0.25) is 0 Å². The minimum absolute atomic E-state index is 0.256. The first-order chi connectivity index (χ1) is 9.61. The summed E-state index contributed by atoms with van der Waals surface area (Å²) in [5.74, 6) is -1.32. The number of carbonyl (C=O) groups is 2. The number of hydrogen-bond donors (Lipinski definition) is 2. The molecule has 0 saturated carbocycles. The predicted molar refractivity (Wildman–Crippen MR) is 74.1 cm³/mol. The number of carboxylic acid groups (broad SMARTS) is 1. The first kappa shape index (κ1) is 14.3. The zero-order valence-corrected chi connectivity index (χ0v) is 11.4. The summed E-state index contributed by atoms with van der Waals surface area (Å²) < 4.78 is 4.91. The van der Waals surface area contributed by atoms with Crippen molar-refractivity contribution < 1.29 is 19.4 Å². The molecule has 0 radical (unpaired) electrons. The van der Waals surface area contributed by atoms with E-state index in [-0.39, 0.29) is 19.0 Å². The molecule has 0 spiro atoms. The summed E-state index contributed by atoms with van der Waals surface area (Å²) >= 11 is 0. The molecule has 1 amide bonds. The third-order valence-corrected chi connectivity index (χ3v) is 3.25. The first-order valence-electron chi connectivity index (χ1n) is 6.48. The van der Waals surface area contributed by atoms with E-state index in [9.17, 15) is 9.59 Å². The van der Waals surface area contributed by atoms with Gasteiger partial charge in [0, 0.05) is 31.5 Å². The van der Waals surface area contributed by atoms with Crippen molar-refractivity contribution >= 4 is 17.6 Å².